The molecule has 1 unspecified atom stereocenters. The first-order chi connectivity index (χ1) is 7.85. The molecule has 0 saturated carbocycles. The van der Waals surface area contributed by atoms with Crippen LogP contribution in [0.1, 0.15) is 0 Å². The van der Waals surface area contributed by atoms with Gasteiger partial charge in [0.2, 0.25) is 0 Å². The third-order valence-corrected chi connectivity index (χ3v) is 3.99. The van der Waals surface area contributed by atoms with Crippen LogP contribution in [0.5, 0.6) is 0 Å². The summed E-state index contributed by atoms with van der Waals surface area (Å²) in [4.78, 5) is 0. The van der Waals surface area contributed by atoms with Gasteiger partial charge in [-0.2, -0.15) is 8.42 Å². The van der Waals surface area contributed by atoms with E-state index in [0.717, 1.165) is 5.69 Å². The van der Waals surface area contributed by atoms with Gasteiger partial charge in [-0.05, 0) is 12.1 Å². The van der Waals surface area contributed by atoms with E-state index in [1.807, 2.05) is 30.3 Å². The van der Waals surface area contributed by atoms with E-state index in [9.17, 15) is 8.42 Å². The normalized spacial score (nSPS) is 11.9. The summed E-state index contributed by atoms with van der Waals surface area (Å²) in [7, 11) is 1.30. The molecule has 0 saturated heterocycles. The molecule has 0 aromatic heterocycles. The number of aliphatic hydroxyl groups is 1. The number of hydrogen-bond donors (Lipinski definition) is 3. The number of para-hydroxylation sites is 1. The van der Waals surface area contributed by atoms with Crippen molar-refractivity contribution in [1.29, 1.82) is 0 Å². The maximum atomic E-state index is 10.1. The van der Waals surface area contributed by atoms with Crippen molar-refractivity contribution in [3.8, 4) is 0 Å². The van der Waals surface area contributed by atoms with Crippen LogP contribution >= 0.6 is 9.07 Å². The van der Waals surface area contributed by atoms with Gasteiger partial charge in [0.05, 0.1) is 5.75 Å². The van der Waals surface area contributed by atoms with Gasteiger partial charge in [0.1, 0.15) is 0 Å². The zero-order valence-electron chi connectivity index (χ0n) is 9.16. The van der Waals surface area contributed by atoms with Crippen molar-refractivity contribution < 1.29 is 18.1 Å². The molecule has 0 heterocycles. The Kier molecular flexibility index (Phi) is 8.93. The maximum Gasteiger partial charge on any atom is 0.503 e. The minimum atomic E-state index is -4.03. The molecule has 17 heavy (non-hydrogen) atoms. The molecule has 0 bridgehead atoms. The molecule has 0 aliphatic carbocycles. The molecular weight excluding hydrogens is 278 g/mol. The number of hydrogen-bond acceptors (Lipinski definition) is 4. The number of nitrogens with two attached hydrogens (primary N) is 1. The first kappa shape index (κ1) is 16.9. The Morgan fingerprint density at radius 3 is 2.18 bits per heavy atom. The lowest BCUT2D eigenvalue weighted by Crippen LogP contribution is -2.20. The van der Waals surface area contributed by atoms with E-state index in [-0.39, 0.29) is 0 Å². The molecule has 8 heteroatoms. The van der Waals surface area contributed by atoms with Gasteiger partial charge in [0.15, 0.2) is 0 Å². The molecule has 0 amide bonds. The lowest BCUT2D eigenvalue weighted by Gasteiger charge is -2.03. The Balaban J connectivity index is 0.000000318. The van der Waals surface area contributed by atoms with Crippen LogP contribution in [0.3, 0.4) is 0 Å². The van der Waals surface area contributed by atoms with E-state index in [1.54, 1.807) is 0 Å². The average molecular weight is 292 g/mol. The van der Waals surface area contributed by atoms with Crippen LogP contribution in [-0.2, 0) is 10.1 Å². The molecule has 1 aromatic carbocycles. The third-order valence-electron chi connectivity index (χ3n) is 1.64. The number of benzene rings is 1. The summed E-state index contributed by atoms with van der Waals surface area (Å²) in [6.07, 6.45) is -1.00. The highest BCUT2D eigenvalue weighted by molar-refractivity contribution is 7.85. The van der Waals surface area contributed by atoms with Crippen molar-refractivity contribution in [2.75, 3.05) is 11.5 Å². The molecule has 0 aliphatic heterocycles. The summed E-state index contributed by atoms with van der Waals surface area (Å²) in [6, 6.07) is 9.49. The van der Waals surface area contributed by atoms with Gasteiger partial charge in [-0.1, -0.05) is 22.7 Å². The summed E-state index contributed by atoms with van der Waals surface area (Å²) >= 11 is -0.856. The van der Waals surface area contributed by atoms with Gasteiger partial charge in [-0.3, -0.25) is 4.55 Å². The summed E-state index contributed by atoms with van der Waals surface area (Å²) < 4.78 is 28.7. The van der Waals surface area contributed by atoms with E-state index in [4.69, 9.17) is 24.5 Å². The van der Waals surface area contributed by atoms with Gasteiger partial charge >= 0.3 is 19.3 Å². The van der Waals surface area contributed by atoms with Crippen molar-refractivity contribution in [3.05, 3.63) is 30.3 Å². The maximum absolute atomic E-state index is 10.1. The zero-order chi connectivity index (χ0) is 13.3. The monoisotopic (exact) mass is 291 g/mol. The minimum absolute atomic E-state index is 0.307. The molecule has 0 radical (unpaired) electrons. The highest BCUT2D eigenvalue weighted by Gasteiger charge is 2.13. The highest BCUT2D eigenvalue weighted by atomic mass is 35.5. The molecule has 0 aliphatic rings. The van der Waals surface area contributed by atoms with Gasteiger partial charge in [0, 0.05) is 11.8 Å². The highest BCUT2D eigenvalue weighted by Crippen LogP contribution is 1.97. The van der Waals surface area contributed by atoms with Crippen molar-refractivity contribution in [3.63, 3.8) is 0 Å². The molecule has 1 rings (SSSR count). The fourth-order valence-electron chi connectivity index (χ4n) is 0.905. The van der Waals surface area contributed by atoms with Crippen molar-refractivity contribution in [2.45, 2.75) is 10.7 Å². The second-order valence-electron chi connectivity index (χ2n) is 3.29. The van der Waals surface area contributed by atoms with Crippen molar-refractivity contribution >= 4 is 44.1 Å². The van der Waals surface area contributed by atoms with E-state index in [2.05, 4.69) is 0 Å². The van der Waals surface area contributed by atoms with E-state index >= 15 is 0 Å². The third kappa shape index (κ3) is 12.2. The van der Waals surface area contributed by atoms with Crippen LogP contribution in [0.15, 0.2) is 30.3 Å². The van der Waals surface area contributed by atoms with Gasteiger partial charge in [-0.25, -0.2) is 0 Å². The van der Waals surface area contributed by atoms with E-state index in [1.165, 1.54) is 0 Å². The minimum Gasteiger partial charge on any atom is -0.399 e. The topological polar surface area (TPSA) is 101 Å². The van der Waals surface area contributed by atoms with Crippen LogP contribution in [0, 0.1) is 0 Å². The van der Waals surface area contributed by atoms with Gasteiger partial charge in [0.25, 0.3) is 10.1 Å². The largest absolute Gasteiger partial charge is 0.503 e. The average Bonchev–Trinajstić information content (AvgIpc) is 2.17. The zero-order valence-corrected chi connectivity index (χ0v) is 12.1. The molecule has 5 nitrogen and oxygen atoms in total. The number of halogens is 1. The number of nitrogen functional groups attached to an aromatic ring is 1. The lowest BCUT2D eigenvalue weighted by atomic mass is 10.3. The first-order valence-corrected chi connectivity index (χ1v) is 9.59. The van der Waals surface area contributed by atoms with Crippen molar-refractivity contribution in [1.82, 2.24) is 0 Å². The molecule has 4 N–H and O–H groups in total. The molecule has 94 valence electrons. The summed E-state index contributed by atoms with van der Waals surface area (Å²) in [6.45, 7) is 0. The molecule has 0 fully saturated rings. The summed E-state index contributed by atoms with van der Waals surface area (Å²) in [5.74, 6) is -0.604. The second-order valence-corrected chi connectivity index (χ2v) is 6.88. The quantitative estimate of drug-likeness (QED) is 0.432. The van der Waals surface area contributed by atoms with Crippen LogP contribution in [-0.4, -0.2) is 49.2 Å². The molecule has 0 spiro atoms. The van der Waals surface area contributed by atoms with Gasteiger partial charge < -0.3 is 19.9 Å². The number of rotatable bonds is 4. The van der Waals surface area contributed by atoms with Crippen LogP contribution in [0.25, 0.3) is 0 Å². The van der Waals surface area contributed by atoms with Crippen LogP contribution < -0.4 is 5.73 Å². The van der Waals surface area contributed by atoms with Crippen molar-refractivity contribution in [2.24, 2.45) is 0 Å². The molecule has 1 aromatic rings. The molecular formula is C9H14ClMgNO4S. The Hall–Kier alpha value is -0.0538. The first-order valence-electron chi connectivity index (χ1n) is 4.85. The lowest BCUT2D eigenvalue weighted by molar-refractivity contribution is 0.215. The Morgan fingerprint density at radius 2 is 1.88 bits per heavy atom. The summed E-state index contributed by atoms with van der Waals surface area (Å²) in [5.41, 5.74) is 6.18. The number of anilines is 1. The van der Waals surface area contributed by atoms with Gasteiger partial charge in [-0.15, -0.1) is 0 Å². The molecule has 1 atom stereocenters. The van der Waals surface area contributed by atoms with Crippen LogP contribution in [0.2, 0.25) is 4.55 Å². The van der Waals surface area contributed by atoms with E-state index in [0.29, 0.717) is 4.55 Å². The number of aliphatic hydroxyl groups excluding tert-OH is 1. The SMILES string of the molecule is Nc1ccccc1.O=S(=O)(O)CC(O)[CH2][Mg][Cl]. The predicted molar refractivity (Wildman–Crippen MR) is 69.7 cm³/mol. The Labute approximate surface area is 114 Å². The Bertz CT molecular complexity index is 401. The Morgan fingerprint density at radius 1 is 1.35 bits per heavy atom. The fourth-order valence-corrected chi connectivity index (χ4v) is 3.07. The second kappa shape index (κ2) is 8.95. The standard InChI is InChI=1S/C6H7N.C3H7O4S.ClH.Mg/c7-6-4-2-1-3-5-6;1-3(4)2-8(5,6)7;;/h1-5H,7H2;3-4H,1-2H2,(H,5,6,7);1H;/q;;;+1/p-1. The van der Waals surface area contributed by atoms with Crippen LogP contribution in [0.4, 0.5) is 5.69 Å². The smallest absolute Gasteiger partial charge is 0.399 e. The fraction of sp³-hybridized carbons (Fsp3) is 0.333. The summed E-state index contributed by atoms with van der Waals surface area (Å²) in [5, 5.41) is 8.80. The van der Waals surface area contributed by atoms with E-state index < -0.39 is 41.2 Å². The predicted octanol–water partition coefficient (Wildman–Crippen LogP) is 0.780.